The third-order valence-corrected chi connectivity index (χ3v) is 5.79. The summed E-state index contributed by atoms with van der Waals surface area (Å²) >= 11 is 1.44. The van der Waals surface area contributed by atoms with Crippen molar-refractivity contribution in [2.75, 3.05) is 11.9 Å². The van der Waals surface area contributed by atoms with Gasteiger partial charge >= 0.3 is 0 Å². The minimum Gasteiger partial charge on any atom is -0.334 e. The first-order valence-electron chi connectivity index (χ1n) is 8.93. The Morgan fingerprint density at radius 3 is 2.59 bits per heavy atom. The molecule has 5 heteroatoms. The Hall–Kier alpha value is -2.92. The quantitative estimate of drug-likeness (QED) is 0.731. The van der Waals surface area contributed by atoms with Crippen LogP contribution < -0.4 is 5.32 Å². The van der Waals surface area contributed by atoms with E-state index in [1.54, 1.807) is 0 Å². The van der Waals surface area contributed by atoms with Gasteiger partial charge in [-0.1, -0.05) is 24.3 Å². The highest BCUT2D eigenvalue weighted by Crippen LogP contribution is 2.25. The van der Waals surface area contributed by atoms with E-state index in [1.807, 2.05) is 65.7 Å². The van der Waals surface area contributed by atoms with Gasteiger partial charge in [-0.05, 0) is 65.7 Å². The van der Waals surface area contributed by atoms with Crippen LogP contribution in [0, 0.1) is 6.92 Å². The molecule has 1 aliphatic heterocycles. The van der Waals surface area contributed by atoms with E-state index in [-0.39, 0.29) is 11.8 Å². The molecule has 0 saturated heterocycles. The molecule has 27 heavy (non-hydrogen) atoms. The Morgan fingerprint density at radius 2 is 1.85 bits per heavy atom. The van der Waals surface area contributed by atoms with Crippen molar-refractivity contribution < 1.29 is 9.59 Å². The van der Waals surface area contributed by atoms with Crippen LogP contribution >= 0.6 is 11.3 Å². The van der Waals surface area contributed by atoms with Crippen molar-refractivity contribution in [2.45, 2.75) is 19.9 Å². The highest BCUT2D eigenvalue weighted by atomic mass is 32.1. The van der Waals surface area contributed by atoms with E-state index in [0.717, 1.165) is 23.2 Å². The number of fused-ring (bicyclic) bond motifs is 1. The number of carbonyl (C=O) groups excluding carboxylic acids is 2. The Kier molecular flexibility index (Phi) is 4.77. The number of rotatable bonds is 3. The van der Waals surface area contributed by atoms with Gasteiger partial charge in [-0.15, -0.1) is 11.3 Å². The monoisotopic (exact) mass is 376 g/mol. The molecule has 136 valence electrons. The molecule has 1 aliphatic rings. The summed E-state index contributed by atoms with van der Waals surface area (Å²) in [6.07, 6.45) is 0.826. The van der Waals surface area contributed by atoms with Gasteiger partial charge in [0.25, 0.3) is 11.8 Å². The SMILES string of the molecule is Cc1csc(C(=O)Nc2ccc3c(c2)CN(C(=O)c2ccccc2)CC3)c1. The van der Waals surface area contributed by atoms with E-state index < -0.39 is 0 Å². The van der Waals surface area contributed by atoms with Crippen molar-refractivity contribution in [3.8, 4) is 0 Å². The van der Waals surface area contributed by atoms with Crippen LogP contribution in [0.2, 0.25) is 0 Å². The average Bonchev–Trinajstić information content (AvgIpc) is 3.14. The van der Waals surface area contributed by atoms with Gasteiger partial charge in [0.1, 0.15) is 0 Å². The first-order valence-corrected chi connectivity index (χ1v) is 9.81. The van der Waals surface area contributed by atoms with Gasteiger partial charge in [-0.2, -0.15) is 0 Å². The zero-order valence-corrected chi connectivity index (χ0v) is 15.9. The molecule has 0 fully saturated rings. The molecule has 2 amide bonds. The van der Waals surface area contributed by atoms with Gasteiger partial charge < -0.3 is 10.2 Å². The minimum atomic E-state index is -0.0962. The van der Waals surface area contributed by atoms with Crippen molar-refractivity contribution in [1.82, 2.24) is 4.90 Å². The van der Waals surface area contributed by atoms with Crippen LogP contribution in [0.4, 0.5) is 5.69 Å². The van der Waals surface area contributed by atoms with Gasteiger partial charge in [0.15, 0.2) is 0 Å². The predicted molar refractivity (Wildman–Crippen MR) is 108 cm³/mol. The summed E-state index contributed by atoms with van der Waals surface area (Å²) < 4.78 is 0. The first-order chi connectivity index (χ1) is 13.1. The number of nitrogens with zero attached hydrogens (tertiary/aromatic N) is 1. The molecular weight excluding hydrogens is 356 g/mol. The summed E-state index contributed by atoms with van der Waals surface area (Å²) in [6, 6.07) is 17.2. The number of amides is 2. The molecule has 0 aliphatic carbocycles. The molecular formula is C22H20N2O2S. The van der Waals surface area contributed by atoms with E-state index in [0.29, 0.717) is 23.5 Å². The largest absolute Gasteiger partial charge is 0.334 e. The smallest absolute Gasteiger partial charge is 0.265 e. The maximum Gasteiger partial charge on any atom is 0.265 e. The van der Waals surface area contributed by atoms with Crippen molar-refractivity contribution in [3.63, 3.8) is 0 Å². The lowest BCUT2D eigenvalue weighted by Gasteiger charge is -2.29. The Balaban J connectivity index is 1.50. The first kappa shape index (κ1) is 17.5. The zero-order chi connectivity index (χ0) is 18.8. The second-order valence-corrected chi connectivity index (χ2v) is 7.68. The number of benzene rings is 2. The fourth-order valence-electron chi connectivity index (χ4n) is 3.31. The molecule has 3 aromatic rings. The third-order valence-electron chi connectivity index (χ3n) is 4.74. The standard InChI is InChI=1S/C22H20N2O2S/c1-15-11-20(27-14-15)21(25)23-19-8-7-16-9-10-24(13-18(16)12-19)22(26)17-5-3-2-4-6-17/h2-8,11-12,14H,9-10,13H2,1H3,(H,23,25). The van der Waals surface area contributed by atoms with Gasteiger partial charge in [0, 0.05) is 24.3 Å². The molecule has 0 unspecified atom stereocenters. The summed E-state index contributed by atoms with van der Waals surface area (Å²) in [4.78, 5) is 27.7. The zero-order valence-electron chi connectivity index (χ0n) is 15.1. The Bertz CT molecular complexity index is 995. The van der Waals surface area contributed by atoms with Gasteiger partial charge in [0.2, 0.25) is 0 Å². The number of carbonyl (C=O) groups is 2. The fraction of sp³-hybridized carbons (Fsp3) is 0.182. The summed E-state index contributed by atoms with van der Waals surface area (Å²) in [6.45, 7) is 3.25. The lowest BCUT2D eigenvalue weighted by molar-refractivity contribution is 0.0734. The normalized spacial score (nSPS) is 13.1. The fourth-order valence-corrected chi connectivity index (χ4v) is 4.11. The molecule has 0 spiro atoms. The Labute approximate surface area is 162 Å². The highest BCUT2D eigenvalue weighted by molar-refractivity contribution is 7.12. The number of aryl methyl sites for hydroxylation is 1. The van der Waals surface area contributed by atoms with Gasteiger partial charge in [0.05, 0.1) is 4.88 Å². The van der Waals surface area contributed by atoms with Gasteiger partial charge in [-0.25, -0.2) is 0 Å². The van der Waals surface area contributed by atoms with Crippen molar-refractivity contribution in [3.05, 3.63) is 87.1 Å². The maximum absolute atomic E-state index is 12.7. The van der Waals surface area contributed by atoms with Crippen LogP contribution in [-0.4, -0.2) is 23.3 Å². The third kappa shape index (κ3) is 3.78. The van der Waals surface area contributed by atoms with E-state index >= 15 is 0 Å². The highest BCUT2D eigenvalue weighted by Gasteiger charge is 2.22. The summed E-state index contributed by atoms with van der Waals surface area (Å²) in [7, 11) is 0. The molecule has 1 N–H and O–H groups in total. The summed E-state index contributed by atoms with van der Waals surface area (Å²) in [5.74, 6) is -0.0502. The van der Waals surface area contributed by atoms with Crippen LogP contribution in [0.15, 0.2) is 60.0 Å². The number of thiophene rings is 1. The number of hydrogen-bond acceptors (Lipinski definition) is 3. The van der Waals surface area contributed by atoms with Crippen LogP contribution in [-0.2, 0) is 13.0 Å². The van der Waals surface area contributed by atoms with E-state index in [1.165, 1.54) is 16.9 Å². The Morgan fingerprint density at radius 1 is 1.04 bits per heavy atom. The molecule has 0 bridgehead atoms. The molecule has 2 heterocycles. The average molecular weight is 376 g/mol. The minimum absolute atomic E-state index is 0.0461. The van der Waals surface area contributed by atoms with Gasteiger partial charge in [-0.3, -0.25) is 9.59 Å². The number of anilines is 1. The predicted octanol–water partition coefficient (Wildman–Crippen LogP) is 4.51. The molecule has 0 saturated carbocycles. The lowest BCUT2D eigenvalue weighted by Crippen LogP contribution is -2.36. The van der Waals surface area contributed by atoms with Crippen LogP contribution in [0.25, 0.3) is 0 Å². The molecule has 1 aromatic heterocycles. The van der Waals surface area contributed by atoms with Crippen LogP contribution in [0.3, 0.4) is 0 Å². The lowest BCUT2D eigenvalue weighted by atomic mass is 9.98. The van der Waals surface area contributed by atoms with E-state index in [2.05, 4.69) is 11.4 Å². The van der Waals surface area contributed by atoms with E-state index in [4.69, 9.17) is 0 Å². The van der Waals surface area contributed by atoms with E-state index in [9.17, 15) is 9.59 Å². The van der Waals surface area contributed by atoms with Crippen LogP contribution in [0.1, 0.15) is 36.7 Å². The van der Waals surface area contributed by atoms with Crippen molar-refractivity contribution in [2.24, 2.45) is 0 Å². The van der Waals surface area contributed by atoms with Crippen LogP contribution in [0.5, 0.6) is 0 Å². The topological polar surface area (TPSA) is 49.4 Å². The maximum atomic E-state index is 12.7. The molecule has 4 nitrogen and oxygen atoms in total. The summed E-state index contributed by atoms with van der Waals surface area (Å²) in [5.41, 5.74) is 4.88. The molecule has 0 atom stereocenters. The second-order valence-electron chi connectivity index (χ2n) is 6.77. The second kappa shape index (κ2) is 7.37. The van der Waals surface area contributed by atoms with Crippen molar-refractivity contribution >= 4 is 28.8 Å². The molecule has 0 radical (unpaired) electrons. The number of nitrogens with one attached hydrogen (secondary N) is 1. The number of hydrogen-bond donors (Lipinski definition) is 1. The van der Waals surface area contributed by atoms with Crippen molar-refractivity contribution in [1.29, 1.82) is 0 Å². The summed E-state index contributed by atoms with van der Waals surface area (Å²) in [5, 5.41) is 4.93. The molecule has 2 aromatic carbocycles. The molecule has 4 rings (SSSR count).